The average Bonchev–Trinajstić information content (AvgIpc) is 3.36. The number of anilines is 1. The molecular weight excluding hydrogens is 410 g/mol. The van der Waals surface area contributed by atoms with Crippen molar-refractivity contribution >= 4 is 24.1 Å². The number of carbonyl (C=O) groups excluding carboxylic acids is 2. The Balaban J connectivity index is 1.40. The van der Waals surface area contributed by atoms with Gasteiger partial charge < -0.3 is 9.64 Å². The maximum absolute atomic E-state index is 13.6. The second-order valence-electron chi connectivity index (χ2n) is 7.25. The van der Waals surface area contributed by atoms with Crippen LogP contribution in [0.25, 0.3) is 0 Å². The van der Waals surface area contributed by atoms with E-state index in [0.717, 1.165) is 6.07 Å². The molecule has 2 atom stereocenters. The van der Waals surface area contributed by atoms with E-state index in [-0.39, 0.29) is 29.9 Å². The summed E-state index contributed by atoms with van der Waals surface area (Å²) in [6.07, 6.45) is 3.66. The van der Waals surface area contributed by atoms with Gasteiger partial charge in [0, 0.05) is 50.9 Å². The zero-order valence-corrected chi connectivity index (χ0v) is 16.7. The van der Waals surface area contributed by atoms with E-state index >= 15 is 0 Å². The van der Waals surface area contributed by atoms with Gasteiger partial charge in [-0.3, -0.25) is 10.1 Å². The molecular formula is C20H20F2N6O3. The Labute approximate surface area is 176 Å². The van der Waals surface area contributed by atoms with E-state index in [0.29, 0.717) is 31.5 Å². The highest BCUT2D eigenvalue weighted by Gasteiger charge is 2.36. The fourth-order valence-electron chi connectivity index (χ4n) is 3.58. The molecule has 11 heteroatoms. The highest BCUT2D eigenvalue weighted by molar-refractivity contribution is 5.86. The third-order valence-electron chi connectivity index (χ3n) is 4.92. The lowest BCUT2D eigenvalue weighted by Gasteiger charge is -2.27. The summed E-state index contributed by atoms with van der Waals surface area (Å²) < 4.78 is 33.1. The molecule has 2 aliphatic rings. The van der Waals surface area contributed by atoms with Gasteiger partial charge in [0.25, 0.3) is 0 Å². The number of hydrogen-bond donors (Lipinski definition) is 1. The van der Waals surface area contributed by atoms with Crippen LogP contribution in [-0.2, 0) is 4.79 Å². The number of nitrogens with one attached hydrogen (secondary N) is 1. The quantitative estimate of drug-likeness (QED) is 0.804. The van der Waals surface area contributed by atoms with Crippen molar-refractivity contribution in [3.63, 3.8) is 0 Å². The molecule has 0 bridgehead atoms. The number of halogens is 2. The SMILES string of the molecule is CC(=O)Nc1nccc(O[C@@H]2CCN(C(=O)N3N=CC[C@H]3c3cc(F)cc(F)c3)C2)n1. The van der Waals surface area contributed by atoms with E-state index in [1.165, 1.54) is 30.3 Å². The van der Waals surface area contributed by atoms with Crippen molar-refractivity contribution in [1.82, 2.24) is 19.9 Å². The lowest BCUT2D eigenvalue weighted by Crippen LogP contribution is -2.40. The fourth-order valence-corrected chi connectivity index (χ4v) is 3.58. The van der Waals surface area contributed by atoms with Gasteiger partial charge in [0.05, 0.1) is 12.6 Å². The van der Waals surface area contributed by atoms with Crippen LogP contribution in [0.5, 0.6) is 5.88 Å². The van der Waals surface area contributed by atoms with Crippen molar-refractivity contribution in [2.75, 3.05) is 18.4 Å². The van der Waals surface area contributed by atoms with Crippen LogP contribution in [0.15, 0.2) is 35.6 Å². The standard InChI is InChI=1S/C20H20F2N6O3/c1-12(29)25-19-23-5-3-18(26-19)31-16-4-7-27(11-16)20(30)28-17(2-6-24-28)13-8-14(21)10-15(22)9-13/h3,5-6,8-10,16-17H,2,4,7,11H2,1H3,(H,23,25,26,29)/t16-,17+/m1/s1. The summed E-state index contributed by atoms with van der Waals surface area (Å²) in [7, 11) is 0. The number of hydrazone groups is 1. The third-order valence-corrected chi connectivity index (χ3v) is 4.92. The second kappa shape index (κ2) is 8.62. The van der Waals surface area contributed by atoms with Gasteiger partial charge in [0.1, 0.15) is 17.7 Å². The van der Waals surface area contributed by atoms with Gasteiger partial charge in [-0.1, -0.05) is 0 Å². The first kappa shape index (κ1) is 20.6. The van der Waals surface area contributed by atoms with Gasteiger partial charge >= 0.3 is 6.03 Å². The van der Waals surface area contributed by atoms with Gasteiger partial charge in [-0.15, -0.1) is 0 Å². The summed E-state index contributed by atoms with van der Waals surface area (Å²) in [5, 5.41) is 7.84. The molecule has 2 aliphatic heterocycles. The van der Waals surface area contributed by atoms with Crippen LogP contribution >= 0.6 is 0 Å². The average molecular weight is 430 g/mol. The largest absolute Gasteiger partial charge is 0.472 e. The number of benzene rings is 1. The number of nitrogens with zero attached hydrogens (tertiary/aromatic N) is 5. The molecule has 0 radical (unpaired) electrons. The first-order valence-electron chi connectivity index (χ1n) is 9.73. The minimum absolute atomic E-state index is 0.132. The zero-order chi connectivity index (χ0) is 22.0. The summed E-state index contributed by atoms with van der Waals surface area (Å²) in [4.78, 5) is 33.8. The first-order chi connectivity index (χ1) is 14.9. The van der Waals surface area contributed by atoms with Crippen molar-refractivity contribution in [2.45, 2.75) is 31.9 Å². The summed E-state index contributed by atoms with van der Waals surface area (Å²) in [5.74, 6) is -1.29. The van der Waals surface area contributed by atoms with Gasteiger partial charge in [-0.2, -0.15) is 10.1 Å². The number of ether oxygens (including phenoxy) is 1. The molecule has 3 amide bonds. The number of carbonyl (C=O) groups is 2. The van der Waals surface area contributed by atoms with Crippen LogP contribution in [0, 0.1) is 11.6 Å². The topological polar surface area (TPSA) is 100 Å². The highest BCUT2D eigenvalue weighted by atomic mass is 19.1. The first-order valence-corrected chi connectivity index (χ1v) is 9.73. The van der Waals surface area contributed by atoms with Crippen LogP contribution in [-0.4, -0.2) is 57.2 Å². The Morgan fingerprint density at radius 1 is 1.23 bits per heavy atom. The molecule has 0 spiro atoms. The molecule has 1 aromatic heterocycles. The summed E-state index contributed by atoms with van der Waals surface area (Å²) in [6, 6.07) is 3.84. The molecule has 0 unspecified atom stereocenters. The third kappa shape index (κ3) is 4.76. The summed E-state index contributed by atoms with van der Waals surface area (Å²) in [6.45, 7) is 2.08. The minimum atomic E-state index is -0.701. The zero-order valence-electron chi connectivity index (χ0n) is 16.7. The van der Waals surface area contributed by atoms with E-state index in [1.807, 2.05) is 0 Å². The molecule has 162 valence electrons. The lowest BCUT2D eigenvalue weighted by molar-refractivity contribution is -0.114. The van der Waals surface area contributed by atoms with Crippen LogP contribution in [0.1, 0.15) is 31.4 Å². The molecule has 9 nitrogen and oxygen atoms in total. The van der Waals surface area contributed by atoms with E-state index in [1.54, 1.807) is 17.2 Å². The molecule has 4 rings (SSSR count). The minimum Gasteiger partial charge on any atom is -0.472 e. The van der Waals surface area contributed by atoms with Crippen LogP contribution in [0.3, 0.4) is 0 Å². The van der Waals surface area contributed by atoms with Crippen molar-refractivity contribution in [3.05, 3.63) is 47.7 Å². The molecule has 1 N–H and O–H groups in total. The van der Waals surface area contributed by atoms with Crippen LogP contribution in [0.2, 0.25) is 0 Å². The molecule has 31 heavy (non-hydrogen) atoms. The number of aromatic nitrogens is 2. The predicted molar refractivity (Wildman–Crippen MR) is 106 cm³/mol. The van der Waals surface area contributed by atoms with E-state index < -0.39 is 17.7 Å². The predicted octanol–water partition coefficient (Wildman–Crippen LogP) is 2.72. The van der Waals surface area contributed by atoms with Gasteiger partial charge in [0.15, 0.2) is 0 Å². The summed E-state index contributed by atoms with van der Waals surface area (Å²) in [5.41, 5.74) is 0.349. The number of likely N-dealkylation sites (tertiary alicyclic amines) is 1. The Morgan fingerprint density at radius 2 is 2.00 bits per heavy atom. The van der Waals surface area contributed by atoms with Crippen molar-refractivity contribution in [2.24, 2.45) is 5.10 Å². The highest BCUT2D eigenvalue weighted by Crippen LogP contribution is 2.31. The fraction of sp³-hybridized carbons (Fsp3) is 0.350. The van der Waals surface area contributed by atoms with E-state index in [4.69, 9.17) is 4.74 Å². The Bertz CT molecular complexity index is 1010. The smallest absolute Gasteiger partial charge is 0.341 e. The Kier molecular flexibility index (Phi) is 5.74. The molecule has 1 aromatic carbocycles. The van der Waals surface area contributed by atoms with E-state index in [2.05, 4.69) is 20.4 Å². The van der Waals surface area contributed by atoms with Crippen molar-refractivity contribution in [3.8, 4) is 5.88 Å². The molecule has 0 saturated carbocycles. The normalized spacial score (nSPS) is 20.2. The van der Waals surface area contributed by atoms with Crippen molar-refractivity contribution < 1.29 is 23.1 Å². The monoisotopic (exact) mass is 430 g/mol. The number of urea groups is 1. The molecule has 0 aliphatic carbocycles. The van der Waals surface area contributed by atoms with Crippen molar-refractivity contribution in [1.29, 1.82) is 0 Å². The van der Waals surface area contributed by atoms with Gasteiger partial charge in [-0.05, 0) is 17.7 Å². The molecule has 1 saturated heterocycles. The summed E-state index contributed by atoms with van der Waals surface area (Å²) >= 11 is 0. The van der Waals surface area contributed by atoms with E-state index in [9.17, 15) is 18.4 Å². The Hall–Kier alpha value is -3.63. The number of hydrogen-bond acceptors (Lipinski definition) is 6. The number of amides is 3. The molecule has 2 aromatic rings. The van der Waals surface area contributed by atoms with Gasteiger partial charge in [0.2, 0.25) is 17.7 Å². The second-order valence-corrected chi connectivity index (χ2v) is 7.25. The maximum Gasteiger partial charge on any atom is 0.341 e. The lowest BCUT2D eigenvalue weighted by atomic mass is 10.0. The molecule has 1 fully saturated rings. The molecule has 3 heterocycles. The Morgan fingerprint density at radius 3 is 2.74 bits per heavy atom. The van der Waals surface area contributed by atoms with Crippen LogP contribution < -0.4 is 10.1 Å². The van der Waals surface area contributed by atoms with Gasteiger partial charge in [-0.25, -0.2) is 23.6 Å². The maximum atomic E-state index is 13.6. The van der Waals surface area contributed by atoms with Crippen LogP contribution in [0.4, 0.5) is 19.5 Å². The number of rotatable bonds is 4.